The highest BCUT2D eigenvalue weighted by Gasteiger charge is 2.29. The molecule has 1 N–H and O–H groups in total. The second-order valence-electron chi connectivity index (χ2n) is 6.17. The van der Waals surface area contributed by atoms with Gasteiger partial charge in [0.25, 0.3) is 0 Å². The van der Waals surface area contributed by atoms with Gasteiger partial charge in [-0.25, -0.2) is 8.78 Å². The average molecular weight is 357 g/mol. The number of para-hydroxylation sites is 1. The molecule has 1 aliphatic heterocycles. The first kappa shape index (κ1) is 16.7. The zero-order valence-electron chi connectivity index (χ0n) is 13.9. The van der Waals surface area contributed by atoms with Crippen molar-refractivity contribution in [1.82, 2.24) is 15.5 Å². The van der Waals surface area contributed by atoms with Gasteiger partial charge >= 0.3 is 0 Å². The van der Waals surface area contributed by atoms with Crippen molar-refractivity contribution < 1.29 is 18.0 Å². The fourth-order valence-electron chi connectivity index (χ4n) is 2.85. The normalized spacial score (nSPS) is 19.6. The van der Waals surface area contributed by atoms with Crippen LogP contribution in [-0.4, -0.2) is 22.9 Å². The lowest BCUT2D eigenvalue weighted by atomic mass is 10.1. The number of halogens is 2. The third-order valence-electron chi connectivity index (χ3n) is 4.26. The van der Waals surface area contributed by atoms with Crippen LogP contribution in [0.2, 0.25) is 0 Å². The van der Waals surface area contributed by atoms with E-state index in [-0.39, 0.29) is 24.2 Å². The van der Waals surface area contributed by atoms with E-state index >= 15 is 0 Å². The summed E-state index contributed by atoms with van der Waals surface area (Å²) < 4.78 is 37.5. The molecular weight excluding hydrogens is 340 g/mol. The van der Waals surface area contributed by atoms with Gasteiger partial charge in [-0.2, -0.15) is 4.98 Å². The third-order valence-corrected chi connectivity index (χ3v) is 4.26. The number of benzene rings is 2. The molecule has 0 saturated carbocycles. The molecule has 2 aromatic carbocycles. The van der Waals surface area contributed by atoms with Gasteiger partial charge < -0.3 is 14.6 Å². The summed E-state index contributed by atoms with van der Waals surface area (Å²) in [6.07, 6.45) is -0.544. The van der Waals surface area contributed by atoms with Crippen molar-refractivity contribution in [3.05, 3.63) is 65.8 Å². The summed E-state index contributed by atoms with van der Waals surface area (Å²) >= 11 is 0. The number of aromatic nitrogens is 2. The maximum atomic E-state index is 13.6. The molecule has 26 heavy (non-hydrogen) atoms. The van der Waals surface area contributed by atoms with Crippen LogP contribution in [-0.2, 0) is 6.61 Å². The van der Waals surface area contributed by atoms with E-state index in [0.717, 1.165) is 11.1 Å². The monoisotopic (exact) mass is 357 g/mol. The van der Waals surface area contributed by atoms with Gasteiger partial charge in [0.1, 0.15) is 12.8 Å². The van der Waals surface area contributed by atoms with Crippen LogP contribution in [0, 0.1) is 5.82 Å². The lowest BCUT2D eigenvalue weighted by molar-refractivity contribution is 0.290. The molecule has 2 heterocycles. The first-order chi connectivity index (χ1) is 12.7. The molecule has 4 rings (SSSR count). The quantitative estimate of drug-likeness (QED) is 0.752. The molecule has 0 unspecified atom stereocenters. The molecule has 2 atom stereocenters. The SMILES string of the molecule is Fc1ccccc1OCc1ccc(-c2noc([C@H]3C[C@H](F)CN3)n2)cc1. The average Bonchev–Trinajstić information content (AvgIpc) is 3.31. The van der Waals surface area contributed by atoms with Crippen LogP contribution < -0.4 is 10.1 Å². The third kappa shape index (κ3) is 3.57. The number of ether oxygens (including phenoxy) is 1. The molecule has 134 valence electrons. The summed E-state index contributed by atoms with van der Waals surface area (Å²) in [5, 5.41) is 6.98. The fourth-order valence-corrected chi connectivity index (χ4v) is 2.85. The summed E-state index contributed by atoms with van der Waals surface area (Å²) in [4.78, 5) is 4.34. The van der Waals surface area contributed by atoms with Gasteiger partial charge in [-0.05, 0) is 17.7 Å². The molecule has 3 aromatic rings. The van der Waals surface area contributed by atoms with Crippen LogP contribution in [0.15, 0.2) is 53.1 Å². The Labute approximate surface area is 149 Å². The topological polar surface area (TPSA) is 60.2 Å². The van der Waals surface area contributed by atoms with E-state index in [1.54, 1.807) is 18.2 Å². The van der Waals surface area contributed by atoms with Gasteiger partial charge in [-0.1, -0.05) is 41.6 Å². The Hall–Kier alpha value is -2.80. The molecule has 1 aliphatic rings. The van der Waals surface area contributed by atoms with Gasteiger partial charge in [0.15, 0.2) is 11.6 Å². The van der Waals surface area contributed by atoms with Crippen molar-refractivity contribution >= 4 is 0 Å². The fraction of sp³-hybridized carbons (Fsp3) is 0.263. The molecule has 0 radical (unpaired) electrons. The molecule has 5 nitrogen and oxygen atoms in total. The highest BCUT2D eigenvalue weighted by molar-refractivity contribution is 5.54. The summed E-state index contributed by atoms with van der Waals surface area (Å²) in [6, 6.07) is 13.4. The van der Waals surface area contributed by atoms with Gasteiger partial charge in [0.05, 0.1) is 6.04 Å². The minimum atomic E-state index is -0.885. The smallest absolute Gasteiger partial charge is 0.244 e. The predicted octanol–water partition coefficient (Wildman–Crippen LogP) is 3.83. The number of hydrogen-bond acceptors (Lipinski definition) is 5. The maximum Gasteiger partial charge on any atom is 0.244 e. The number of hydrogen-bond donors (Lipinski definition) is 1. The first-order valence-corrected chi connectivity index (χ1v) is 8.37. The van der Waals surface area contributed by atoms with Gasteiger partial charge in [-0.3, -0.25) is 0 Å². The molecule has 7 heteroatoms. The van der Waals surface area contributed by atoms with Crippen LogP contribution in [0.5, 0.6) is 5.75 Å². The van der Waals surface area contributed by atoms with Crippen LogP contribution in [0.25, 0.3) is 11.4 Å². The summed E-state index contributed by atoms with van der Waals surface area (Å²) in [7, 11) is 0. The van der Waals surface area contributed by atoms with E-state index in [4.69, 9.17) is 9.26 Å². The number of alkyl halides is 1. The van der Waals surface area contributed by atoms with Crippen molar-refractivity contribution in [3.63, 3.8) is 0 Å². The summed E-state index contributed by atoms with van der Waals surface area (Å²) in [6.45, 7) is 0.557. The van der Waals surface area contributed by atoms with Crippen molar-refractivity contribution in [2.45, 2.75) is 25.2 Å². The molecular formula is C19H17F2N3O2. The van der Waals surface area contributed by atoms with E-state index in [1.807, 2.05) is 24.3 Å². The molecule has 1 saturated heterocycles. The summed E-state index contributed by atoms with van der Waals surface area (Å²) in [5.74, 6) is 0.673. The summed E-state index contributed by atoms with van der Waals surface area (Å²) in [5.41, 5.74) is 1.67. The first-order valence-electron chi connectivity index (χ1n) is 8.37. The van der Waals surface area contributed by atoms with Crippen LogP contribution in [0.4, 0.5) is 8.78 Å². The van der Waals surface area contributed by atoms with E-state index in [0.29, 0.717) is 24.7 Å². The Morgan fingerprint density at radius 2 is 1.96 bits per heavy atom. The minimum absolute atomic E-state index is 0.217. The largest absolute Gasteiger partial charge is 0.486 e. The molecule has 0 aliphatic carbocycles. The number of rotatable bonds is 5. The Morgan fingerprint density at radius 3 is 2.69 bits per heavy atom. The predicted molar refractivity (Wildman–Crippen MR) is 90.7 cm³/mol. The van der Waals surface area contributed by atoms with Crippen molar-refractivity contribution in [3.8, 4) is 17.1 Å². The highest BCUT2D eigenvalue weighted by Crippen LogP contribution is 2.26. The van der Waals surface area contributed by atoms with Gasteiger partial charge in [0, 0.05) is 18.5 Å². The molecule has 1 fully saturated rings. The molecule has 0 bridgehead atoms. The Kier molecular flexibility index (Phi) is 4.62. The molecule has 0 spiro atoms. The second kappa shape index (κ2) is 7.21. The standard InChI is InChI=1S/C19H17F2N3O2/c20-14-9-16(22-10-14)19-23-18(24-26-19)13-7-5-12(6-8-13)11-25-17-4-2-1-3-15(17)21/h1-8,14,16,22H,9-11H2/t14-,16+/m0/s1. The van der Waals surface area contributed by atoms with Gasteiger partial charge in [0.2, 0.25) is 11.7 Å². The lowest BCUT2D eigenvalue weighted by Gasteiger charge is -2.07. The zero-order chi connectivity index (χ0) is 17.9. The lowest BCUT2D eigenvalue weighted by Crippen LogP contribution is -2.14. The van der Waals surface area contributed by atoms with E-state index in [9.17, 15) is 8.78 Å². The van der Waals surface area contributed by atoms with Crippen LogP contribution >= 0.6 is 0 Å². The number of nitrogens with zero attached hydrogens (tertiary/aromatic N) is 2. The molecule has 1 aromatic heterocycles. The van der Waals surface area contributed by atoms with Crippen molar-refractivity contribution in [1.29, 1.82) is 0 Å². The highest BCUT2D eigenvalue weighted by atomic mass is 19.1. The van der Waals surface area contributed by atoms with E-state index in [1.165, 1.54) is 6.07 Å². The van der Waals surface area contributed by atoms with Gasteiger partial charge in [-0.15, -0.1) is 0 Å². The Balaban J connectivity index is 1.41. The van der Waals surface area contributed by atoms with Crippen molar-refractivity contribution in [2.24, 2.45) is 0 Å². The number of nitrogens with one attached hydrogen (secondary N) is 1. The van der Waals surface area contributed by atoms with E-state index < -0.39 is 6.17 Å². The van der Waals surface area contributed by atoms with E-state index in [2.05, 4.69) is 15.5 Å². The zero-order valence-corrected chi connectivity index (χ0v) is 13.9. The van der Waals surface area contributed by atoms with Crippen LogP contribution in [0.1, 0.15) is 23.9 Å². The second-order valence-corrected chi connectivity index (χ2v) is 6.17. The Bertz CT molecular complexity index is 883. The molecule has 0 amide bonds. The Morgan fingerprint density at radius 1 is 1.15 bits per heavy atom. The maximum absolute atomic E-state index is 13.6. The minimum Gasteiger partial charge on any atom is -0.486 e. The van der Waals surface area contributed by atoms with Crippen molar-refractivity contribution in [2.75, 3.05) is 6.54 Å². The van der Waals surface area contributed by atoms with Crippen LogP contribution in [0.3, 0.4) is 0 Å².